The van der Waals surface area contributed by atoms with Gasteiger partial charge in [0.05, 0.1) is 0 Å². The maximum absolute atomic E-state index is 2.47. The van der Waals surface area contributed by atoms with E-state index >= 15 is 0 Å². The van der Waals surface area contributed by atoms with Crippen LogP contribution in [0.2, 0.25) is 0 Å². The molecule has 0 radical (unpaired) electrons. The first-order valence-electron chi connectivity index (χ1n) is 9.92. The molecule has 0 aliphatic heterocycles. The van der Waals surface area contributed by atoms with Gasteiger partial charge in [-0.2, -0.15) is 0 Å². The fourth-order valence-electron chi connectivity index (χ4n) is 3.43. The van der Waals surface area contributed by atoms with Gasteiger partial charge in [-0.1, -0.05) is 99.8 Å². The van der Waals surface area contributed by atoms with Gasteiger partial charge in [-0.25, -0.2) is 0 Å². The summed E-state index contributed by atoms with van der Waals surface area (Å²) in [7, 11) is 0. The summed E-state index contributed by atoms with van der Waals surface area (Å²) in [6, 6.07) is 0. The highest BCUT2D eigenvalue weighted by molar-refractivity contribution is 4.70. The zero-order valence-corrected chi connectivity index (χ0v) is 16.3. The molecular weight excluding hydrogens is 252 g/mol. The Balaban J connectivity index is 3.94. The van der Waals surface area contributed by atoms with Crippen LogP contribution >= 0.6 is 0 Å². The summed E-state index contributed by atoms with van der Waals surface area (Å²) in [5, 5.41) is 0. The number of hydrogen-bond donors (Lipinski definition) is 0. The third kappa shape index (κ3) is 10.4. The van der Waals surface area contributed by atoms with Gasteiger partial charge in [0.15, 0.2) is 0 Å². The maximum Gasteiger partial charge on any atom is -0.0388 e. The van der Waals surface area contributed by atoms with Gasteiger partial charge in [-0.15, -0.1) is 0 Å². The molecule has 0 heterocycles. The molecule has 0 saturated carbocycles. The largest absolute Gasteiger partial charge is 0.0654 e. The van der Waals surface area contributed by atoms with E-state index in [2.05, 4.69) is 48.5 Å². The minimum absolute atomic E-state index is 0.856. The van der Waals surface area contributed by atoms with Crippen LogP contribution in [0, 0.1) is 29.6 Å². The van der Waals surface area contributed by atoms with Gasteiger partial charge in [-0.3, -0.25) is 0 Å². The normalized spacial score (nSPS) is 17.7. The minimum atomic E-state index is 0.856. The fourth-order valence-corrected chi connectivity index (χ4v) is 3.43. The molecule has 0 saturated heterocycles. The second kappa shape index (κ2) is 12.5. The Morgan fingerprint density at radius 3 is 1.76 bits per heavy atom. The lowest BCUT2D eigenvalue weighted by molar-refractivity contribution is 0.235. The molecule has 0 aliphatic rings. The molecule has 0 spiro atoms. The first-order valence-corrected chi connectivity index (χ1v) is 9.92. The molecule has 0 aromatic rings. The molecule has 0 fully saturated rings. The van der Waals surface area contributed by atoms with Crippen molar-refractivity contribution in [2.24, 2.45) is 29.6 Å². The first-order chi connectivity index (χ1) is 9.92. The van der Waals surface area contributed by atoms with Crippen LogP contribution in [0.1, 0.15) is 106 Å². The van der Waals surface area contributed by atoms with Crippen LogP contribution < -0.4 is 0 Å². The molecule has 0 nitrogen and oxygen atoms in total. The summed E-state index contributed by atoms with van der Waals surface area (Å²) < 4.78 is 0. The van der Waals surface area contributed by atoms with Crippen LogP contribution in [0.5, 0.6) is 0 Å². The smallest absolute Gasteiger partial charge is 0.0388 e. The van der Waals surface area contributed by atoms with Crippen LogP contribution in [-0.4, -0.2) is 0 Å². The van der Waals surface area contributed by atoms with Gasteiger partial charge in [0, 0.05) is 0 Å². The van der Waals surface area contributed by atoms with Crippen molar-refractivity contribution in [2.45, 2.75) is 106 Å². The van der Waals surface area contributed by atoms with E-state index < -0.39 is 0 Å². The Morgan fingerprint density at radius 1 is 0.667 bits per heavy atom. The van der Waals surface area contributed by atoms with Crippen molar-refractivity contribution < 1.29 is 0 Å². The summed E-state index contributed by atoms with van der Waals surface area (Å²) >= 11 is 0. The SMILES string of the molecule is CCCCC(C)CCCCC(CC(C)C(C)CC)C(C)C. The first kappa shape index (κ1) is 21.0. The zero-order valence-electron chi connectivity index (χ0n) is 16.3. The van der Waals surface area contributed by atoms with Crippen molar-refractivity contribution in [3.05, 3.63) is 0 Å². The summed E-state index contributed by atoms with van der Waals surface area (Å²) in [6.07, 6.45) is 12.8. The van der Waals surface area contributed by atoms with Gasteiger partial charge >= 0.3 is 0 Å². The molecule has 4 unspecified atom stereocenters. The number of rotatable bonds is 13. The minimum Gasteiger partial charge on any atom is -0.0654 e. The predicted octanol–water partition coefficient (Wildman–Crippen LogP) is 7.72. The summed E-state index contributed by atoms with van der Waals surface area (Å²) in [4.78, 5) is 0. The lowest BCUT2D eigenvalue weighted by atomic mass is 9.78. The van der Waals surface area contributed by atoms with E-state index in [0.29, 0.717) is 0 Å². The standard InChI is InChI=1S/C21H44/c1-8-10-13-18(5)14-11-12-15-21(17(3)4)16-20(7)19(6)9-2/h17-21H,8-16H2,1-7H3. The fraction of sp³-hybridized carbons (Fsp3) is 1.00. The lowest BCUT2D eigenvalue weighted by Crippen LogP contribution is -2.17. The van der Waals surface area contributed by atoms with Crippen molar-refractivity contribution in [2.75, 3.05) is 0 Å². The Kier molecular flexibility index (Phi) is 12.5. The van der Waals surface area contributed by atoms with E-state index in [4.69, 9.17) is 0 Å². The molecule has 0 aromatic carbocycles. The van der Waals surface area contributed by atoms with E-state index in [0.717, 1.165) is 29.6 Å². The van der Waals surface area contributed by atoms with E-state index in [1.807, 2.05) is 0 Å². The third-order valence-corrected chi connectivity index (χ3v) is 5.81. The molecular formula is C21H44. The van der Waals surface area contributed by atoms with Crippen molar-refractivity contribution in [3.63, 3.8) is 0 Å². The number of hydrogen-bond acceptors (Lipinski definition) is 0. The molecule has 4 atom stereocenters. The van der Waals surface area contributed by atoms with Gasteiger partial charge in [0.25, 0.3) is 0 Å². The van der Waals surface area contributed by atoms with Gasteiger partial charge in [0.2, 0.25) is 0 Å². The Morgan fingerprint density at radius 2 is 1.24 bits per heavy atom. The molecule has 0 N–H and O–H groups in total. The summed E-state index contributed by atoms with van der Waals surface area (Å²) in [5.74, 6) is 4.53. The predicted molar refractivity (Wildman–Crippen MR) is 98.7 cm³/mol. The number of unbranched alkanes of at least 4 members (excludes halogenated alkanes) is 2. The summed E-state index contributed by atoms with van der Waals surface area (Å²) in [6.45, 7) is 16.8. The Hall–Kier alpha value is 0. The molecule has 0 rings (SSSR count). The average molecular weight is 297 g/mol. The maximum atomic E-state index is 2.47. The van der Waals surface area contributed by atoms with Crippen LogP contribution in [0.4, 0.5) is 0 Å². The van der Waals surface area contributed by atoms with Gasteiger partial charge in [0.1, 0.15) is 0 Å². The van der Waals surface area contributed by atoms with Crippen molar-refractivity contribution >= 4 is 0 Å². The second-order valence-electron chi connectivity index (χ2n) is 8.13. The molecule has 0 aromatic heterocycles. The Labute approximate surface area is 136 Å². The molecule has 21 heavy (non-hydrogen) atoms. The topological polar surface area (TPSA) is 0 Å². The highest BCUT2D eigenvalue weighted by Gasteiger charge is 2.19. The lowest BCUT2D eigenvalue weighted by Gasteiger charge is -2.27. The Bertz CT molecular complexity index is 218. The van der Waals surface area contributed by atoms with E-state index in [1.54, 1.807) is 0 Å². The molecule has 128 valence electrons. The van der Waals surface area contributed by atoms with Crippen molar-refractivity contribution in [3.8, 4) is 0 Å². The van der Waals surface area contributed by atoms with Gasteiger partial charge < -0.3 is 0 Å². The zero-order chi connectivity index (χ0) is 16.3. The monoisotopic (exact) mass is 296 g/mol. The third-order valence-electron chi connectivity index (χ3n) is 5.81. The van der Waals surface area contributed by atoms with Crippen LogP contribution in [0.3, 0.4) is 0 Å². The van der Waals surface area contributed by atoms with Crippen LogP contribution in [-0.2, 0) is 0 Å². The van der Waals surface area contributed by atoms with E-state index in [1.165, 1.54) is 57.8 Å². The van der Waals surface area contributed by atoms with Crippen LogP contribution in [0.15, 0.2) is 0 Å². The highest BCUT2D eigenvalue weighted by atomic mass is 14.2. The second-order valence-corrected chi connectivity index (χ2v) is 8.13. The molecule has 0 bridgehead atoms. The van der Waals surface area contributed by atoms with Crippen molar-refractivity contribution in [1.82, 2.24) is 0 Å². The molecule has 0 amide bonds. The van der Waals surface area contributed by atoms with Crippen LogP contribution in [0.25, 0.3) is 0 Å². The molecule has 0 aliphatic carbocycles. The molecule has 0 heteroatoms. The summed E-state index contributed by atoms with van der Waals surface area (Å²) in [5.41, 5.74) is 0. The highest BCUT2D eigenvalue weighted by Crippen LogP contribution is 2.30. The quantitative estimate of drug-likeness (QED) is 0.305. The van der Waals surface area contributed by atoms with Crippen molar-refractivity contribution in [1.29, 1.82) is 0 Å². The average Bonchev–Trinajstić information content (AvgIpc) is 2.46. The van der Waals surface area contributed by atoms with E-state index in [-0.39, 0.29) is 0 Å². The van der Waals surface area contributed by atoms with Gasteiger partial charge in [-0.05, 0) is 36.0 Å². The van der Waals surface area contributed by atoms with E-state index in [9.17, 15) is 0 Å².